The molecule has 1 aliphatic rings. The Morgan fingerprint density at radius 3 is 2.50 bits per heavy atom. The molecular weight excluding hydrogens is 312 g/mol. The van der Waals surface area contributed by atoms with Crippen LogP contribution >= 0.6 is 0 Å². The molecule has 0 amide bonds. The molecule has 0 unspecified atom stereocenters. The first-order chi connectivity index (χ1) is 11.5. The lowest BCUT2D eigenvalue weighted by Crippen LogP contribution is -2.29. The van der Waals surface area contributed by atoms with Crippen molar-refractivity contribution in [2.45, 2.75) is 6.42 Å². The van der Waals surface area contributed by atoms with Crippen LogP contribution in [0.4, 0.5) is 0 Å². The predicted molar refractivity (Wildman–Crippen MR) is 86.3 cm³/mol. The molecule has 6 nitrogen and oxygen atoms in total. The van der Waals surface area contributed by atoms with Gasteiger partial charge in [-0.25, -0.2) is 0 Å². The number of benzene rings is 2. The number of aromatic hydroxyl groups is 2. The molecule has 0 saturated carbocycles. The van der Waals surface area contributed by atoms with Crippen molar-refractivity contribution in [3.63, 3.8) is 0 Å². The lowest BCUT2D eigenvalue weighted by atomic mass is 9.89. The fraction of sp³-hybridized carbons (Fsp3) is 0.278. The summed E-state index contributed by atoms with van der Waals surface area (Å²) in [6.45, 7) is 0.210. The van der Waals surface area contributed by atoms with Crippen molar-refractivity contribution in [1.29, 1.82) is 0 Å². The van der Waals surface area contributed by atoms with Crippen LogP contribution in [0.15, 0.2) is 30.3 Å². The zero-order chi connectivity index (χ0) is 17.3. The van der Waals surface area contributed by atoms with Gasteiger partial charge in [0.15, 0.2) is 17.3 Å². The fourth-order valence-corrected chi connectivity index (χ4v) is 2.84. The second-order valence-electron chi connectivity index (χ2n) is 5.58. The van der Waals surface area contributed by atoms with E-state index in [0.29, 0.717) is 12.2 Å². The molecule has 3 rings (SSSR count). The topological polar surface area (TPSA) is 85.2 Å². The van der Waals surface area contributed by atoms with Gasteiger partial charge in [0, 0.05) is 6.07 Å². The van der Waals surface area contributed by atoms with Crippen LogP contribution in [0.5, 0.6) is 28.7 Å². The minimum absolute atomic E-state index is 0.110. The number of phenols is 2. The SMILES string of the molecule is COc1cc2c(c(O)c1OC)C(=O)[C@H](Cc1ccc(O)cc1)CO2. The zero-order valence-electron chi connectivity index (χ0n) is 13.4. The number of rotatable bonds is 4. The van der Waals surface area contributed by atoms with Gasteiger partial charge >= 0.3 is 0 Å². The Morgan fingerprint density at radius 2 is 1.88 bits per heavy atom. The molecule has 126 valence electrons. The third kappa shape index (κ3) is 2.71. The summed E-state index contributed by atoms with van der Waals surface area (Å²) in [4.78, 5) is 12.8. The Bertz CT molecular complexity index is 766. The van der Waals surface area contributed by atoms with Gasteiger partial charge in [-0.3, -0.25) is 4.79 Å². The highest BCUT2D eigenvalue weighted by molar-refractivity contribution is 6.05. The number of methoxy groups -OCH3 is 2. The number of carbonyl (C=O) groups is 1. The molecule has 24 heavy (non-hydrogen) atoms. The summed E-state index contributed by atoms with van der Waals surface area (Å²) in [5.74, 6) is -0.0278. The number of ether oxygens (including phenoxy) is 3. The molecular formula is C18H18O6. The molecule has 1 aliphatic heterocycles. The van der Waals surface area contributed by atoms with E-state index in [9.17, 15) is 15.0 Å². The Morgan fingerprint density at radius 1 is 1.17 bits per heavy atom. The normalized spacial score (nSPS) is 16.2. The van der Waals surface area contributed by atoms with Crippen molar-refractivity contribution in [2.24, 2.45) is 5.92 Å². The average Bonchev–Trinajstić information content (AvgIpc) is 2.58. The van der Waals surface area contributed by atoms with Crippen LogP contribution in [0.3, 0.4) is 0 Å². The summed E-state index contributed by atoms with van der Waals surface area (Å²) in [7, 11) is 2.84. The molecule has 0 aromatic heterocycles. The maximum absolute atomic E-state index is 12.8. The third-order valence-electron chi connectivity index (χ3n) is 4.08. The van der Waals surface area contributed by atoms with E-state index in [1.807, 2.05) is 0 Å². The summed E-state index contributed by atoms with van der Waals surface area (Å²) >= 11 is 0. The average molecular weight is 330 g/mol. The van der Waals surface area contributed by atoms with Crippen LogP contribution in [0.2, 0.25) is 0 Å². The minimum Gasteiger partial charge on any atom is -0.508 e. The largest absolute Gasteiger partial charge is 0.508 e. The highest BCUT2D eigenvalue weighted by atomic mass is 16.5. The van der Waals surface area contributed by atoms with Gasteiger partial charge in [-0.1, -0.05) is 12.1 Å². The zero-order valence-corrected chi connectivity index (χ0v) is 13.4. The molecule has 0 saturated heterocycles. The van der Waals surface area contributed by atoms with Crippen LogP contribution in [0.1, 0.15) is 15.9 Å². The predicted octanol–water partition coefficient (Wildman–Crippen LogP) is 2.55. The van der Waals surface area contributed by atoms with Gasteiger partial charge in [-0.2, -0.15) is 0 Å². The number of Topliss-reactive ketones (excluding diaryl/α,β-unsaturated/α-hetero) is 1. The molecule has 2 aromatic carbocycles. The minimum atomic E-state index is -0.425. The van der Waals surface area contributed by atoms with E-state index in [4.69, 9.17) is 14.2 Å². The van der Waals surface area contributed by atoms with Gasteiger partial charge in [0.2, 0.25) is 5.75 Å². The van der Waals surface area contributed by atoms with Crippen LogP contribution < -0.4 is 14.2 Å². The van der Waals surface area contributed by atoms with Crippen molar-refractivity contribution in [3.05, 3.63) is 41.5 Å². The molecule has 6 heteroatoms. The summed E-state index contributed by atoms with van der Waals surface area (Å²) in [5.41, 5.74) is 1.01. The lowest BCUT2D eigenvalue weighted by Gasteiger charge is -2.26. The number of phenolic OH excluding ortho intramolecular Hbond substituents is 2. The second-order valence-corrected chi connectivity index (χ2v) is 5.58. The van der Waals surface area contributed by atoms with Crippen molar-refractivity contribution in [1.82, 2.24) is 0 Å². The molecule has 1 heterocycles. The van der Waals surface area contributed by atoms with Crippen molar-refractivity contribution in [3.8, 4) is 28.7 Å². The van der Waals surface area contributed by atoms with Gasteiger partial charge < -0.3 is 24.4 Å². The highest BCUT2D eigenvalue weighted by Gasteiger charge is 2.34. The van der Waals surface area contributed by atoms with Crippen LogP contribution in [-0.4, -0.2) is 36.8 Å². The standard InChI is InChI=1S/C18H18O6/c1-22-14-8-13-15(17(21)18(14)23-2)16(20)11(9-24-13)7-10-3-5-12(19)6-4-10/h3-6,8,11,19,21H,7,9H2,1-2H3/t11-/m1/s1. The molecule has 2 N–H and O–H groups in total. The van der Waals surface area contributed by atoms with E-state index < -0.39 is 5.92 Å². The number of ketones is 1. The molecule has 0 bridgehead atoms. The van der Waals surface area contributed by atoms with Gasteiger partial charge in [0.25, 0.3) is 0 Å². The van der Waals surface area contributed by atoms with Crippen LogP contribution in [0, 0.1) is 5.92 Å². The van der Waals surface area contributed by atoms with E-state index in [1.54, 1.807) is 30.3 Å². The van der Waals surface area contributed by atoms with Gasteiger partial charge in [-0.15, -0.1) is 0 Å². The van der Waals surface area contributed by atoms with Gasteiger partial charge in [-0.05, 0) is 24.1 Å². The summed E-state index contributed by atoms with van der Waals surface area (Å²) < 4.78 is 15.9. The summed E-state index contributed by atoms with van der Waals surface area (Å²) in [6, 6.07) is 8.20. The Hall–Kier alpha value is -2.89. The van der Waals surface area contributed by atoms with E-state index in [0.717, 1.165) is 5.56 Å². The lowest BCUT2D eigenvalue weighted by molar-refractivity contribution is 0.0824. The molecule has 0 spiro atoms. The first kappa shape index (κ1) is 16.0. The number of fused-ring (bicyclic) bond motifs is 1. The summed E-state index contributed by atoms with van der Waals surface area (Å²) in [6.07, 6.45) is 0.451. The number of carbonyl (C=O) groups excluding carboxylic acids is 1. The summed E-state index contributed by atoms with van der Waals surface area (Å²) in [5, 5.41) is 19.7. The maximum atomic E-state index is 12.8. The number of hydrogen-bond donors (Lipinski definition) is 2. The first-order valence-electron chi connectivity index (χ1n) is 7.48. The van der Waals surface area contributed by atoms with Crippen LogP contribution in [0.25, 0.3) is 0 Å². The van der Waals surface area contributed by atoms with Crippen molar-refractivity contribution < 1.29 is 29.2 Å². The van der Waals surface area contributed by atoms with Gasteiger partial charge in [0.05, 0.1) is 26.7 Å². The molecule has 0 radical (unpaired) electrons. The molecule has 2 aromatic rings. The Labute approximate surface area is 139 Å². The Kier molecular flexibility index (Phi) is 4.20. The first-order valence-corrected chi connectivity index (χ1v) is 7.48. The molecule has 0 fully saturated rings. The maximum Gasteiger partial charge on any atom is 0.204 e. The van der Waals surface area contributed by atoms with E-state index in [-0.39, 0.29) is 41.0 Å². The number of hydrogen-bond acceptors (Lipinski definition) is 6. The second kappa shape index (κ2) is 6.31. The highest BCUT2D eigenvalue weighted by Crippen LogP contribution is 2.47. The molecule has 1 atom stereocenters. The third-order valence-corrected chi connectivity index (χ3v) is 4.08. The quantitative estimate of drug-likeness (QED) is 0.896. The van der Waals surface area contributed by atoms with Crippen molar-refractivity contribution in [2.75, 3.05) is 20.8 Å². The van der Waals surface area contributed by atoms with Gasteiger partial charge in [0.1, 0.15) is 17.1 Å². The monoisotopic (exact) mass is 330 g/mol. The van der Waals surface area contributed by atoms with Crippen LogP contribution in [-0.2, 0) is 6.42 Å². The van der Waals surface area contributed by atoms with E-state index >= 15 is 0 Å². The Balaban J connectivity index is 1.93. The van der Waals surface area contributed by atoms with E-state index in [2.05, 4.69) is 0 Å². The smallest absolute Gasteiger partial charge is 0.204 e. The molecule has 0 aliphatic carbocycles. The van der Waals surface area contributed by atoms with Crippen molar-refractivity contribution >= 4 is 5.78 Å². The fourth-order valence-electron chi connectivity index (χ4n) is 2.84. The van der Waals surface area contributed by atoms with E-state index in [1.165, 1.54) is 14.2 Å².